The predicted molar refractivity (Wildman–Crippen MR) is 49.9 cm³/mol. The van der Waals surface area contributed by atoms with E-state index in [0.29, 0.717) is 6.92 Å². The van der Waals surface area contributed by atoms with Gasteiger partial charge in [0.05, 0.1) is 5.02 Å². The van der Waals surface area contributed by atoms with Gasteiger partial charge in [0, 0.05) is 11.8 Å². The Morgan fingerprint density at radius 2 is 1.87 bits per heavy atom. The van der Waals surface area contributed by atoms with E-state index in [1.807, 2.05) is 0 Å². The minimum Gasteiger partial charge on any atom is -0.376 e. The molecule has 0 radical (unpaired) electrons. The van der Waals surface area contributed by atoms with E-state index in [1.165, 1.54) is 0 Å². The third-order valence-corrected chi connectivity index (χ3v) is 2.60. The topological polar surface area (TPSA) is 33.1 Å². The molecule has 0 unspecified atom stereocenters. The first kappa shape index (κ1) is 12.5. The summed E-state index contributed by atoms with van der Waals surface area (Å²) < 4.78 is 37.2. The summed E-state index contributed by atoms with van der Waals surface area (Å²) in [4.78, 5) is 3.43. The molecule has 0 fully saturated rings. The van der Waals surface area contributed by atoms with E-state index in [1.54, 1.807) is 0 Å². The van der Waals surface area contributed by atoms with Gasteiger partial charge in [-0.05, 0) is 13.0 Å². The Hall–Kier alpha value is -0.520. The first-order chi connectivity index (χ1) is 6.66. The molecule has 0 amide bonds. The predicted octanol–water partition coefficient (Wildman–Crippen LogP) is 3.16. The SMILES string of the molecule is C[C@@](O)(c1cnc(Cl)c(Cl)c1)C(F)(F)F. The Morgan fingerprint density at radius 1 is 1.33 bits per heavy atom. The number of hydrogen-bond donors (Lipinski definition) is 1. The first-order valence-corrected chi connectivity index (χ1v) is 4.52. The number of aromatic nitrogens is 1. The maximum absolute atomic E-state index is 12.4. The highest BCUT2D eigenvalue weighted by molar-refractivity contribution is 6.41. The van der Waals surface area contributed by atoms with E-state index in [2.05, 4.69) is 4.98 Å². The molecule has 0 aromatic carbocycles. The lowest BCUT2D eigenvalue weighted by Gasteiger charge is -2.26. The first-order valence-electron chi connectivity index (χ1n) is 3.77. The van der Waals surface area contributed by atoms with Crippen LogP contribution in [0.5, 0.6) is 0 Å². The van der Waals surface area contributed by atoms with Gasteiger partial charge in [-0.15, -0.1) is 0 Å². The lowest BCUT2D eigenvalue weighted by atomic mass is 9.97. The summed E-state index contributed by atoms with van der Waals surface area (Å²) in [6.45, 7) is 0.619. The third kappa shape index (κ3) is 2.35. The minimum atomic E-state index is -4.80. The average molecular weight is 260 g/mol. The van der Waals surface area contributed by atoms with Crippen molar-refractivity contribution in [2.45, 2.75) is 18.7 Å². The molecular weight excluding hydrogens is 254 g/mol. The van der Waals surface area contributed by atoms with Gasteiger partial charge in [0.2, 0.25) is 0 Å². The fraction of sp³-hybridized carbons (Fsp3) is 0.375. The van der Waals surface area contributed by atoms with Crippen molar-refractivity contribution in [3.05, 3.63) is 28.0 Å². The van der Waals surface area contributed by atoms with Crippen molar-refractivity contribution < 1.29 is 18.3 Å². The Labute approximate surface area is 93.6 Å². The lowest BCUT2D eigenvalue weighted by Crippen LogP contribution is -2.39. The molecule has 84 valence electrons. The summed E-state index contributed by atoms with van der Waals surface area (Å²) in [5.41, 5.74) is -3.45. The average Bonchev–Trinajstić information content (AvgIpc) is 2.07. The standard InChI is InChI=1S/C8H6Cl2F3NO/c1-7(15,8(11,12)13)4-2-5(9)6(10)14-3-4/h2-3,15H,1H3/t7-/m1/s1. The Bertz CT molecular complexity index is 379. The van der Waals surface area contributed by atoms with Gasteiger partial charge in [0.15, 0.2) is 5.60 Å². The van der Waals surface area contributed by atoms with Crippen LogP contribution in [0.3, 0.4) is 0 Å². The van der Waals surface area contributed by atoms with Crippen molar-refractivity contribution in [3.8, 4) is 0 Å². The maximum atomic E-state index is 12.4. The van der Waals surface area contributed by atoms with E-state index in [4.69, 9.17) is 23.2 Å². The van der Waals surface area contributed by atoms with Gasteiger partial charge < -0.3 is 5.11 Å². The molecule has 1 heterocycles. The molecule has 1 aromatic heterocycles. The van der Waals surface area contributed by atoms with Crippen LogP contribution in [-0.4, -0.2) is 16.3 Å². The molecule has 0 spiro atoms. The minimum absolute atomic E-state index is 0.113. The van der Waals surface area contributed by atoms with Gasteiger partial charge in [0.25, 0.3) is 0 Å². The lowest BCUT2D eigenvalue weighted by molar-refractivity contribution is -0.259. The van der Waals surface area contributed by atoms with E-state index < -0.39 is 17.3 Å². The van der Waals surface area contributed by atoms with Gasteiger partial charge in [-0.25, -0.2) is 4.98 Å². The van der Waals surface area contributed by atoms with Crippen LogP contribution in [0.15, 0.2) is 12.3 Å². The van der Waals surface area contributed by atoms with Crippen molar-refractivity contribution in [1.29, 1.82) is 0 Å². The largest absolute Gasteiger partial charge is 0.421 e. The molecule has 0 bridgehead atoms. The van der Waals surface area contributed by atoms with Gasteiger partial charge >= 0.3 is 6.18 Å². The third-order valence-electron chi connectivity index (χ3n) is 1.91. The molecule has 0 aliphatic heterocycles. The van der Waals surface area contributed by atoms with Crippen LogP contribution in [0.2, 0.25) is 10.2 Å². The molecule has 0 aliphatic rings. The highest BCUT2D eigenvalue weighted by Crippen LogP contribution is 2.39. The van der Waals surface area contributed by atoms with Gasteiger partial charge in [-0.1, -0.05) is 23.2 Å². The summed E-state index contributed by atoms with van der Waals surface area (Å²) >= 11 is 10.9. The molecular formula is C8H6Cl2F3NO. The zero-order chi connectivity index (χ0) is 11.9. The normalized spacial score (nSPS) is 16.2. The number of pyridine rings is 1. The molecule has 0 saturated carbocycles. The van der Waals surface area contributed by atoms with Crippen LogP contribution in [0, 0.1) is 0 Å². The second-order valence-electron chi connectivity index (χ2n) is 3.07. The molecule has 1 rings (SSSR count). The highest BCUT2D eigenvalue weighted by atomic mass is 35.5. The smallest absolute Gasteiger partial charge is 0.376 e. The number of nitrogens with zero attached hydrogens (tertiary/aromatic N) is 1. The van der Waals surface area contributed by atoms with Crippen LogP contribution in [0.1, 0.15) is 12.5 Å². The summed E-state index contributed by atoms with van der Waals surface area (Å²) in [5, 5.41) is 9.02. The van der Waals surface area contributed by atoms with Crippen molar-refractivity contribution in [3.63, 3.8) is 0 Å². The van der Waals surface area contributed by atoms with Crippen molar-refractivity contribution in [2.24, 2.45) is 0 Å². The van der Waals surface area contributed by atoms with Gasteiger partial charge in [-0.3, -0.25) is 0 Å². The molecule has 1 atom stereocenters. The van der Waals surface area contributed by atoms with Crippen molar-refractivity contribution in [2.75, 3.05) is 0 Å². The van der Waals surface area contributed by atoms with E-state index >= 15 is 0 Å². The second-order valence-corrected chi connectivity index (χ2v) is 3.83. The summed E-state index contributed by atoms with van der Waals surface area (Å²) in [6, 6.07) is 0.935. The molecule has 7 heteroatoms. The molecule has 0 aliphatic carbocycles. The van der Waals surface area contributed by atoms with E-state index in [-0.39, 0.29) is 10.2 Å². The quantitative estimate of drug-likeness (QED) is 0.787. The number of alkyl halides is 3. The molecule has 0 saturated heterocycles. The molecule has 1 aromatic rings. The fourth-order valence-corrected chi connectivity index (χ4v) is 1.12. The van der Waals surface area contributed by atoms with Crippen LogP contribution >= 0.6 is 23.2 Å². The summed E-state index contributed by atoms with van der Waals surface area (Å²) in [5.74, 6) is 0. The highest BCUT2D eigenvalue weighted by Gasteiger charge is 2.51. The molecule has 1 N–H and O–H groups in total. The number of hydrogen-bond acceptors (Lipinski definition) is 2. The Balaban J connectivity index is 3.22. The van der Waals surface area contributed by atoms with Crippen LogP contribution in [0.4, 0.5) is 13.2 Å². The molecule has 2 nitrogen and oxygen atoms in total. The number of aliphatic hydroxyl groups is 1. The second kappa shape index (κ2) is 3.81. The maximum Gasteiger partial charge on any atom is 0.421 e. The number of rotatable bonds is 1. The van der Waals surface area contributed by atoms with Crippen LogP contribution in [0.25, 0.3) is 0 Å². The van der Waals surface area contributed by atoms with Crippen molar-refractivity contribution >= 4 is 23.2 Å². The van der Waals surface area contributed by atoms with Crippen molar-refractivity contribution in [1.82, 2.24) is 4.98 Å². The molecule has 15 heavy (non-hydrogen) atoms. The zero-order valence-corrected chi connectivity index (χ0v) is 8.95. The monoisotopic (exact) mass is 259 g/mol. The summed E-state index contributed by atoms with van der Waals surface area (Å²) in [7, 11) is 0. The summed E-state index contributed by atoms with van der Waals surface area (Å²) in [6.07, 6.45) is -3.96. The van der Waals surface area contributed by atoms with Gasteiger partial charge in [-0.2, -0.15) is 13.2 Å². The van der Waals surface area contributed by atoms with E-state index in [0.717, 1.165) is 12.3 Å². The fourth-order valence-electron chi connectivity index (χ4n) is 0.851. The van der Waals surface area contributed by atoms with Crippen LogP contribution in [-0.2, 0) is 5.60 Å². The number of halogens is 5. The van der Waals surface area contributed by atoms with E-state index in [9.17, 15) is 18.3 Å². The Kier molecular flexibility index (Phi) is 3.19. The zero-order valence-electron chi connectivity index (χ0n) is 7.44. The Morgan fingerprint density at radius 3 is 2.27 bits per heavy atom. The van der Waals surface area contributed by atoms with Crippen LogP contribution < -0.4 is 0 Å². The van der Waals surface area contributed by atoms with Gasteiger partial charge in [0.1, 0.15) is 5.15 Å².